The summed E-state index contributed by atoms with van der Waals surface area (Å²) in [6.07, 6.45) is 5.40. The van der Waals surface area contributed by atoms with Crippen molar-refractivity contribution < 1.29 is 5.11 Å². The number of anilines is 2. The van der Waals surface area contributed by atoms with Gasteiger partial charge in [-0.25, -0.2) is 0 Å². The van der Waals surface area contributed by atoms with E-state index in [4.69, 9.17) is 4.99 Å². The molecule has 0 aromatic heterocycles. The second kappa shape index (κ2) is 8.92. The van der Waals surface area contributed by atoms with E-state index in [-0.39, 0.29) is 12.1 Å². The summed E-state index contributed by atoms with van der Waals surface area (Å²) in [5.41, 5.74) is 11.4. The Labute approximate surface area is 208 Å². The van der Waals surface area contributed by atoms with E-state index in [1.165, 1.54) is 39.2 Å². The summed E-state index contributed by atoms with van der Waals surface area (Å²) >= 11 is 0. The summed E-state index contributed by atoms with van der Waals surface area (Å²) in [5.74, 6) is 0.440. The summed E-state index contributed by atoms with van der Waals surface area (Å²) in [4.78, 5) is 7.65. The lowest BCUT2D eigenvalue weighted by Gasteiger charge is -2.36. The largest absolute Gasteiger partial charge is 0.394 e. The van der Waals surface area contributed by atoms with Crippen molar-refractivity contribution >= 4 is 22.8 Å². The van der Waals surface area contributed by atoms with Gasteiger partial charge in [-0.2, -0.15) is 0 Å². The molecule has 2 N–H and O–H groups in total. The molecule has 0 radical (unpaired) electrons. The molecule has 0 spiro atoms. The van der Waals surface area contributed by atoms with Gasteiger partial charge in [0.1, 0.15) is 0 Å². The fraction of sp³-hybridized carbons (Fsp3) is 0.387. The van der Waals surface area contributed by atoms with Gasteiger partial charge >= 0.3 is 0 Å². The van der Waals surface area contributed by atoms with Crippen LogP contribution in [0.1, 0.15) is 54.0 Å². The van der Waals surface area contributed by atoms with Crippen LogP contribution < -0.4 is 5.32 Å². The SMILES string of the molecule is CCC1Cc2ccccc2N=C1c1cc(Nc2cccc3c2CCN(C2(CO)CC2)C3)ccc1C. The Kier molecular flexibility index (Phi) is 5.74. The molecule has 35 heavy (non-hydrogen) atoms. The number of nitrogens with one attached hydrogen (secondary N) is 1. The van der Waals surface area contributed by atoms with Crippen molar-refractivity contribution in [1.82, 2.24) is 4.90 Å². The summed E-state index contributed by atoms with van der Waals surface area (Å²) in [6.45, 7) is 6.69. The second-order valence-corrected chi connectivity index (χ2v) is 10.6. The van der Waals surface area contributed by atoms with Gasteiger partial charge in [-0.05, 0) is 85.5 Å². The van der Waals surface area contributed by atoms with Crippen LogP contribution in [-0.2, 0) is 19.4 Å². The van der Waals surface area contributed by atoms with E-state index in [1.807, 2.05) is 0 Å². The minimum atomic E-state index is 0.0438. The van der Waals surface area contributed by atoms with Gasteiger partial charge in [-0.15, -0.1) is 0 Å². The molecule has 3 aromatic rings. The maximum absolute atomic E-state index is 9.89. The Bertz CT molecular complexity index is 1290. The Morgan fingerprint density at radius 2 is 1.89 bits per heavy atom. The molecule has 1 aliphatic carbocycles. The molecule has 4 nitrogen and oxygen atoms in total. The number of fused-ring (bicyclic) bond motifs is 2. The number of nitrogens with zero attached hydrogens (tertiary/aromatic N) is 2. The van der Waals surface area contributed by atoms with Gasteiger partial charge in [0.15, 0.2) is 0 Å². The third-order valence-electron chi connectivity index (χ3n) is 8.43. The van der Waals surface area contributed by atoms with Gasteiger partial charge in [0.2, 0.25) is 0 Å². The lowest BCUT2D eigenvalue weighted by atomic mass is 9.84. The number of hydrogen-bond donors (Lipinski definition) is 2. The first-order valence-corrected chi connectivity index (χ1v) is 13.1. The highest BCUT2D eigenvalue weighted by Gasteiger charge is 2.48. The molecule has 1 atom stereocenters. The average molecular weight is 466 g/mol. The van der Waals surface area contributed by atoms with Crippen molar-refractivity contribution in [2.75, 3.05) is 18.5 Å². The number of rotatable bonds is 6. The Morgan fingerprint density at radius 1 is 1.06 bits per heavy atom. The Balaban J connectivity index is 1.30. The smallest absolute Gasteiger partial charge is 0.0665 e. The number of aliphatic hydroxyl groups is 1. The molecule has 1 unspecified atom stereocenters. The molecule has 1 saturated carbocycles. The maximum Gasteiger partial charge on any atom is 0.0665 e. The molecule has 0 saturated heterocycles. The third-order valence-corrected chi connectivity index (χ3v) is 8.43. The highest BCUT2D eigenvalue weighted by Crippen LogP contribution is 2.44. The molecule has 3 aliphatic rings. The quantitative estimate of drug-likeness (QED) is 0.447. The maximum atomic E-state index is 9.89. The van der Waals surface area contributed by atoms with E-state index >= 15 is 0 Å². The molecule has 4 heteroatoms. The van der Waals surface area contributed by atoms with E-state index in [1.54, 1.807) is 0 Å². The highest BCUT2D eigenvalue weighted by atomic mass is 16.3. The molecule has 1 fully saturated rings. The fourth-order valence-electron chi connectivity index (χ4n) is 5.97. The summed E-state index contributed by atoms with van der Waals surface area (Å²) in [7, 11) is 0. The van der Waals surface area contributed by atoms with E-state index < -0.39 is 0 Å². The topological polar surface area (TPSA) is 47.9 Å². The number of benzene rings is 3. The van der Waals surface area contributed by atoms with Gasteiger partial charge < -0.3 is 10.4 Å². The standard InChI is InChI=1S/C31H35N3O/c1-3-22-17-23-7-4-5-9-28(23)33-30(22)27-18-25(12-11-21(27)2)32-29-10-6-8-24-19-34(16-13-26(24)29)31(20-35)14-15-31/h4-12,18,22,32,35H,3,13-17,19-20H2,1-2H3. The van der Waals surface area contributed by atoms with E-state index in [0.29, 0.717) is 5.92 Å². The van der Waals surface area contributed by atoms with Gasteiger partial charge in [0.25, 0.3) is 0 Å². The van der Waals surface area contributed by atoms with Crippen LogP contribution in [0.4, 0.5) is 17.1 Å². The zero-order valence-electron chi connectivity index (χ0n) is 20.8. The number of para-hydroxylation sites is 1. The Morgan fingerprint density at radius 3 is 2.69 bits per heavy atom. The van der Waals surface area contributed by atoms with Crippen LogP contribution >= 0.6 is 0 Å². The lowest BCUT2D eigenvalue weighted by Crippen LogP contribution is -2.43. The summed E-state index contributed by atoms with van der Waals surface area (Å²) < 4.78 is 0. The third kappa shape index (κ3) is 4.09. The number of aryl methyl sites for hydroxylation is 1. The number of aliphatic imine (C=N–C) groups is 1. The zero-order chi connectivity index (χ0) is 24.0. The van der Waals surface area contributed by atoms with Crippen LogP contribution in [0.15, 0.2) is 65.7 Å². The lowest BCUT2D eigenvalue weighted by molar-refractivity contribution is 0.0935. The van der Waals surface area contributed by atoms with Crippen LogP contribution in [0.25, 0.3) is 0 Å². The predicted octanol–water partition coefficient (Wildman–Crippen LogP) is 6.32. The molecule has 0 amide bonds. The monoisotopic (exact) mass is 465 g/mol. The number of aliphatic hydroxyl groups excluding tert-OH is 1. The zero-order valence-corrected chi connectivity index (χ0v) is 20.8. The van der Waals surface area contributed by atoms with Crippen molar-refractivity contribution in [2.45, 2.75) is 58.0 Å². The molecule has 0 bridgehead atoms. The molecular formula is C31H35N3O. The first-order chi connectivity index (χ1) is 17.1. The minimum Gasteiger partial charge on any atom is -0.394 e. The molecular weight excluding hydrogens is 430 g/mol. The van der Waals surface area contributed by atoms with Crippen molar-refractivity contribution in [3.63, 3.8) is 0 Å². The highest BCUT2D eigenvalue weighted by molar-refractivity contribution is 6.06. The van der Waals surface area contributed by atoms with Gasteiger partial charge in [-0.3, -0.25) is 9.89 Å². The first kappa shape index (κ1) is 22.5. The van der Waals surface area contributed by atoms with Crippen LogP contribution in [-0.4, -0.2) is 34.4 Å². The van der Waals surface area contributed by atoms with Crippen molar-refractivity contribution in [1.29, 1.82) is 0 Å². The molecule has 6 rings (SSSR count). The van der Waals surface area contributed by atoms with Gasteiger partial charge in [0, 0.05) is 41.5 Å². The molecule has 2 heterocycles. The summed E-state index contributed by atoms with van der Waals surface area (Å²) in [5, 5.41) is 13.6. The van der Waals surface area contributed by atoms with E-state index in [9.17, 15) is 5.11 Å². The molecule has 180 valence electrons. The van der Waals surface area contributed by atoms with Crippen molar-refractivity contribution in [3.8, 4) is 0 Å². The van der Waals surface area contributed by atoms with Crippen molar-refractivity contribution in [3.05, 3.63) is 88.5 Å². The van der Waals surface area contributed by atoms with Gasteiger partial charge in [-0.1, -0.05) is 43.3 Å². The van der Waals surface area contributed by atoms with E-state index in [0.717, 1.165) is 56.6 Å². The predicted molar refractivity (Wildman–Crippen MR) is 144 cm³/mol. The molecule has 3 aromatic carbocycles. The second-order valence-electron chi connectivity index (χ2n) is 10.6. The number of hydrogen-bond acceptors (Lipinski definition) is 4. The summed E-state index contributed by atoms with van der Waals surface area (Å²) in [6, 6.07) is 21.9. The van der Waals surface area contributed by atoms with Crippen LogP contribution in [0.5, 0.6) is 0 Å². The minimum absolute atomic E-state index is 0.0438. The van der Waals surface area contributed by atoms with Crippen molar-refractivity contribution in [2.24, 2.45) is 10.9 Å². The average Bonchev–Trinajstić information content (AvgIpc) is 3.70. The normalized spacial score (nSPS) is 20.5. The van der Waals surface area contributed by atoms with E-state index in [2.05, 4.69) is 84.7 Å². The fourth-order valence-corrected chi connectivity index (χ4v) is 5.97. The first-order valence-electron chi connectivity index (χ1n) is 13.1. The Hall–Kier alpha value is -2.95. The molecule has 2 aliphatic heterocycles. The van der Waals surface area contributed by atoms with Gasteiger partial charge in [0.05, 0.1) is 18.0 Å². The van der Waals surface area contributed by atoms with Crippen LogP contribution in [0, 0.1) is 12.8 Å². The van der Waals surface area contributed by atoms with Crippen LogP contribution in [0.2, 0.25) is 0 Å². The van der Waals surface area contributed by atoms with Crippen LogP contribution in [0.3, 0.4) is 0 Å².